The number of aromatic nitrogens is 5. The second-order valence-electron chi connectivity index (χ2n) is 3.76. The molecule has 1 N–H and O–H groups in total. The predicted octanol–water partition coefficient (Wildman–Crippen LogP) is 0.110. The summed E-state index contributed by atoms with van der Waals surface area (Å²) in [6, 6.07) is 3.69. The minimum absolute atomic E-state index is 0.298. The molecule has 2 aromatic heterocycles. The first kappa shape index (κ1) is 9.46. The quantitative estimate of drug-likeness (QED) is 0.791. The third-order valence-electron chi connectivity index (χ3n) is 2.60. The van der Waals surface area contributed by atoms with E-state index in [9.17, 15) is 0 Å². The van der Waals surface area contributed by atoms with Gasteiger partial charge in [-0.2, -0.15) is 0 Å². The van der Waals surface area contributed by atoms with Gasteiger partial charge in [0.15, 0.2) is 5.65 Å². The van der Waals surface area contributed by atoms with Crippen LogP contribution in [0.1, 0.15) is 12.8 Å². The van der Waals surface area contributed by atoms with Gasteiger partial charge in [-0.25, -0.2) is 0 Å². The van der Waals surface area contributed by atoms with E-state index in [4.69, 9.17) is 4.74 Å². The maximum Gasteiger partial charge on any atom is 0.200 e. The van der Waals surface area contributed by atoms with Crippen LogP contribution in [0, 0.1) is 0 Å². The molecule has 0 radical (unpaired) electrons. The van der Waals surface area contributed by atoms with Crippen LogP contribution in [0.2, 0.25) is 0 Å². The van der Waals surface area contributed by atoms with Crippen LogP contribution in [0.4, 0.5) is 5.82 Å². The Morgan fingerprint density at radius 2 is 2.50 bits per heavy atom. The summed E-state index contributed by atoms with van der Waals surface area (Å²) in [7, 11) is 0. The lowest BCUT2D eigenvalue weighted by molar-refractivity contribution is 0.120. The minimum atomic E-state index is 0.298. The molecule has 0 saturated carbocycles. The summed E-state index contributed by atoms with van der Waals surface area (Å²) in [6.45, 7) is 1.65. The maximum absolute atomic E-state index is 5.51. The van der Waals surface area contributed by atoms with Gasteiger partial charge in [0, 0.05) is 13.2 Å². The molecule has 3 heterocycles. The number of fused-ring (bicyclic) bond motifs is 1. The van der Waals surface area contributed by atoms with Gasteiger partial charge in [-0.1, -0.05) is 0 Å². The van der Waals surface area contributed by atoms with Crippen molar-refractivity contribution in [1.82, 2.24) is 25.3 Å². The standard InChI is InChI=1S/C9H12N6O/c1-2-7(16-5-1)6-10-8-3-4-9-11-13-14-15(9)12-8/h3-4,7H,1-2,5-6H2,(H,10,12)/t7-/m1/s1. The zero-order valence-electron chi connectivity index (χ0n) is 8.70. The topological polar surface area (TPSA) is 77.2 Å². The Morgan fingerprint density at radius 3 is 3.38 bits per heavy atom. The van der Waals surface area contributed by atoms with E-state index < -0.39 is 0 Å². The first-order chi connectivity index (χ1) is 7.92. The summed E-state index contributed by atoms with van der Waals surface area (Å²) in [4.78, 5) is 0. The Balaban J connectivity index is 1.68. The lowest BCUT2D eigenvalue weighted by atomic mass is 10.2. The van der Waals surface area contributed by atoms with Crippen LogP contribution >= 0.6 is 0 Å². The summed E-state index contributed by atoms with van der Waals surface area (Å²) in [5.41, 5.74) is 0.641. The molecule has 0 aromatic carbocycles. The Labute approximate surface area is 91.8 Å². The largest absolute Gasteiger partial charge is 0.376 e. The summed E-state index contributed by atoms with van der Waals surface area (Å²) in [5.74, 6) is 0.760. The highest BCUT2D eigenvalue weighted by molar-refractivity contribution is 5.42. The summed E-state index contributed by atoms with van der Waals surface area (Å²) < 4.78 is 6.91. The molecule has 1 aliphatic rings. The monoisotopic (exact) mass is 220 g/mol. The molecule has 0 bridgehead atoms. The van der Waals surface area contributed by atoms with E-state index in [0.29, 0.717) is 11.8 Å². The van der Waals surface area contributed by atoms with E-state index in [1.54, 1.807) is 0 Å². The van der Waals surface area contributed by atoms with Gasteiger partial charge < -0.3 is 10.1 Å². The predicted molar refractivity (Wildman–Crippen MR) is 56.0 cm³/mol. The van der Waals surface area contributed by atoms with E-state index in [2.05, 4.69) is 25.9 Å². The first-order valence-electron chi connectivity index (χ1n) is 5.33. The maximum atomic E-state index is 5.51. The molecule has 84 valence electrons. The van der Waals surface area contributed by atoms with Gasteiger partial charge >= 0.3 is 0 Å². The van der Waals surface area contributed by atoms with E-state index in [-0.39, 0.29) is 0 Å². The second-order valence-corrected chi connectivity index (χ2v) is 3.76. The van der Waals surface area contributed by atoms with Crippen LogP contribution in [0.15, 0.2) is 12.1 Å². The average Bonchev–Trinajstić information content (AvgIpc) is 2.97. The number of nitrogens with zero attached hydrogens (tertiary/aromatic N) is 5. The van der Waals surface area contributed by atoms with Crippen molar-refractivity contribution < 1.29 is 4.74 Å². The highest BCUT2D eigenvalue weighted by Gasteiger charge is 2.15. The summed E-state index contributed by atoms with van der Waals surface area (Å²) in [6.07, 6.45) is 2.55. The lowest BCUT2D eigenvalue weighted by Crippen LogP contribution is -2.19. The number of hydrogen-bond donors (Lipinski definition) is 1. The van der Waals surface area contributed by atoms with Crippen molar-refractivity contribution in [3.8, 4) is 0 Å². The molecule has 7 nitrogen and oxygen atoms in total. The first-order valence-corrected chi connectivity index (χ1v) is 5.33. The van der Waals surface area contributed by atoms with Crippen molar-refractivity contribution in [3.63, 3.8) is 0 Å². The molecule has 0 aliphatic carbocycles. The van der Waals surface area contributed by atoms with Gasteiger partial charge in [0.1, 0.15) is 5.82 Å². The molecular formula is C9H12N6O. The highest BCUT2D eigenvalue weighted by Crippen LogP contribution is 2.12. The van der Waals surface area contributed by atoms with Gasteiger partial charge in [-0.05, 0) is 35.4 Å². The normalized spacial score (nSPS) is 20.4. The number of hydrogen-bond acceptors (Lipinski definition) is 6. The van der Waals surface area contributed by atoms with Crippen molar-refractivity contribution in [2.45, 2.75) is 18.9 Å². The van der Waals surface area contributed by atoms with Gasteiger partial charge in [0.2, 0.25) is 0 Å². The smallest absolute Gasteiger partial charge is 0.200 e. The number of tetrazole rings is 1. The van der Waals surface area contributed by atoms with E-state index >= 15 is 0 Å². The molecule has 0 unspecified atom stereocenters. The molecule has 1 saturated heterocycles. The zero-order chi connectivity index (χ0) is 10.8. The molecule has 2 aromatic rings. The Bertz CT molecular complexity index is 478. The Hall–Kier alpha value is -1.76. The van der Waals surface area contributed by atoms with Gasteiger partial charge in [-0.15, -0.1) is 14.8 Å². The van der Waals surface area contributed by atoms with Crippen LogP contribution in [-0.2, 0) is 4.74 Å². The number of anilines is 1. The van der Waals surface area contributed by atoms with Gasteiger partial charge in [-0.3, -0.25) is 0 Å². The minimum Gasteiger partial charge on any atom is -0.376 e. The lowest BCUT2D eigenvalue weighted by Gasteiger charge is -2.10. The molecule has 0 spiro atoms. The Morgan fingerprint density at radius 1 is 1.50 bits per heavy atom. The van der Waals surface area contributed by atoms with E-state index in [1.165, 1.54) is 4.63 Å². The van der Waals surface area contributed by atoms with Crippen LogP contribution < -0.4 is 5.32 Å². The molecule has 1 atom stereocenters. The van der Waals surface area contributed by atoms with Crippen LogP contribution in [0.5, 0.6) is 0 Å². The van der Waals surface area contributed by atoms with Gasteiger partial charge in [0.25, 0.3) is 0 Å². The number of ether oxygens (including phenoxy) is 1. The molecule has 1 fully saturated rings. The van der Waals surface area contributed by atoms with Crippen molar-refractivity contribution >= 4 is 11.5 Å². The third kappa shape index (κ3) is 1.81. The molecular weight excluding hydrogens is 208 g/mol. The SMILES string of the molecule is c1cc2nnnn2nc1NC[C@H]1CCCO1. The highest BCUT2D eigenvalue weighted by atomic mass is 16.5. The third-order valence-corrected chi connectivity index (χ3v) is 2.60. The van der Waals surface area contributed by atoms with Crippen molar-refractivity contribution in [2.75, 3.05) is 18.5 Å². The average molecular weight is 220 g/mol. The van der Waals surface area contributed by atoms with E-state index in [0.717, 1.165) is 31.8 Å². The van der Waals surface area contributed by atoms with Crippen molar-refractivity contribution in [3.05, 3.63) is 12.1 Å². The molecule has 3 rings (SSSR count). The van der Waals surface area contributed by atoms with Crippen molar-refractivity contribution in [1.29, 1.82) is 0 Å². The van der Waals surface area contributed by atoms with Crippen molar-refractivity contribution in [2.24, 2.45) is 0 Å². The fraction of sp³-hybridized carbons (Fsp3) is 0.556. The summed E-state index contributed by atoms with van der Waals surface area (Å²) in [5, 5.41) is 18.5. The van der Waals surface area contributed by atoms with Crippen LogP contribution in [-0.4, -0.2) is 44.5 Å². The van der Waals surface area contributed by atoms with Gasteiger partial charge in [0.05, 0.1) is 6.10 Å². The fourth-order valence-corrected chi connectivity index (χ4v) is 1.77. The molecule has 16 heavy (non-hydrogen) atoms. The van der Waals surface area contributed by atoms with Crippen LogP contribution in [0.3, 0.4) is 0 Å². The number of nitrogens with one attached hydrogen (secondary N) is 1. The molecule has 0 amide bonds. The zero-order valence-corrected chi connectivity index (χ0v) is 8.70. The van der Waals surface area contributed by atoms with Crippen LogP contribution in [0.25, 0.3) is 5.65 Å². The van der Waals surface area contributed by atoms with E-state index in [1.807, 2.05) is 12.1 Å². The second kappa shape index (κ2) is 4.01. The molecule has 1 aliphatic heterocycles. The number of rotatable bonds is 3. The summed E-state index contributed by atoms with van der Waals surface area (Å²) >= 11 is 0. The Kier molecular flexibility index (Phi) is 2.37. The fourth-order valence-electron chi connectivity index (χ4n) is 1.77. The molecule has 7 heteroatoms.